The normalized spacial score (nSPS) is 27.9. The summed E-state index contributed by atoms with van der Waals surface area (Å²) in [7, 11) is 1.66. The summed E-state index contributed by atoms with van der Waals surface area (Å²) in [5, 5.41) is 1.02. The largest absolute Gasteiger partial charge is 0.359 e. The fourth-order valence-corrected chi connectivity index (χ4v) is 4.08. The van der Waals surface area contributed by atoms with Crippen LogP contribution in [0.25, 0.3) is 0 Å². The smallest absolute Gasteiger partial charge is 0.169 e. The van der Waals surface area contributed by atoms with Gasteiger partial charge in [0, 0.05) is 25.3 Å². The van der Waals surface area contributed by atoms with Gasteiger partial charge in [-0.3, -0.25) is 0 Å². The highest BCUT2D eigenvalue weighted by atomic mass is 79.9. The summed E-state index contributed by atoms with van der Waals surface area (Å²) < 4.78 is 23.3. The van der Waals surface area contributed by atoms with E-state index in [4.69, 9.17) is 18.9 Å². The highest BCUT2D eigenvalue weighted by Crippen LogP contribution is 2.39. The summed E-state index contributed by atoms with van der Waals surface area (Å²) in [5.41, 5.74) is 0. The summed E-state index contributed by atoms with van der Waals surface area (Å²) in [6, 6.07) is 0. The fourth-order valence-electron chi connectivity index (χ4n) is 3.30. The molecule has 0 radical (unpaired) electrons. The molecule has 0 aromatic heterocycles. The van der Waals surface area contributed by atoms with Gasteiger partial charge in [-0.1, -0.05) is 29.3 Å². The van der Waals surface area contributed by atoms with Crippen LogP contribution in [0.5, 0.6) is 0 Å². The maximum atomic E-state index is 6.31. The van der Waals surface area contributed by atoms with Crippen molar-refractivity contribution in [3.8, 4) is 0 Å². The summed E-state index contributed by atoms with van der Waals surface area (Å²) >= 11 is 3.51. The molecule has 0 unspecified atom stereocenters. The van der Waals surface area contributed by atoms with Crippen LogP contribution in [-0.4, -0.2) is 43.8 Å². The van der Waals surface area contributed by atoms with Crippen LogP contribution < -0.4 is 0 Å². The van der Waals surface area contributed by atoms with E-state index < -0.39 is 0 Å². The highest BCUT2D eigenvalue weighted by molar-refractivity contribution is 9.09. The Morgan fingerprint density at radius 1 is 1.29 bits per heavy atom. The number of methoxy groups -OCH3 is 1. The second-order valence-electron chi connectivity index (χ2n) is 6.37. The number of ether oxygens (including phenoxy) is 4. The summed E-state index contributed by atoms with van der Waals surface area (Å²) in [5.74, 6) is 0.272. The number of hydrogen-bond donors (Lipinski definition) is 0. The molecular formula is C16H29BrO4. The summed E-state index contributed by atoms with van der Waals surface area (Å²) in [6.45, 7) is 3.23. The SMILES string of the molecule is COCO[C@H](C[C@@H](C)CCBr)[C@H]1COC2(CCCCC2)O1. The molecule has 2 fully saturated rings. The first-order valence-electron chi connectivity index (χ1n) is 8.17. The molecule has 0 bridgehead atoms. The van der Waals surface area contributed by atoms with E-state index in [1.165, 1.54) is 19.3 Å². The van der Waals surface area contributed by atoms with E-state index in [0.717, 1.165) is 31.0 Å². The quantitative estimate of drug-likeness (QED) is 0.484. The molecule has 124 valence electrons. The van der Waals surface area contributed by atoms with Crippen LogP contribution >= 0.6 is 15.9 Å². The van der Waals surface area contributed by atoms with Gasteiger partial charge in [0.05, 0.1) is 12.7 Å². The third-order valence-electron chi connectivity index (χ3n) is 4.54. The molecule has 1 saturated carbocycles. The Kier molecular flexibility index (Phi) is 7.42. The number of halogens is 1. The van der Waals surface area contributed by atoms with E-state index in [2.05, 4.69) is 22.9 Å². The number of rotatable bonds is 8. The second-order valence-corrected chi connectivity index (χ2v) is 7.16. The molecule has 1 saturated heterocycles. The first kappa shape index (κ1) is 17.7. The lowest BCUT2D eigenvalue weighted by molar-refractivity contribution is -0.205. The maximum Gasteiger partial charge on any atom is 0.169 e. The zero-order valence-electron chi connectivity index (χ0n) is 13.3. The predicted molar refractivity (Wildman–Crippen MR) is 85.6 cm³/mol. The van der Waals surface area contributed by atoms with Crippen molar-refractivity contribution in [1.82, 2.24) is 0 Å². The third kappa shape index (κ3) is 5.17. The molecule has 0 aromatic carbocycles. The minimum Gasteiger partial charge on any atom is -0.359 e. The molecule has 1 aliphatic heterocycles. The van der Waals surface area contributed by atoms with Gasteiger partial charge in [-0.2, -0.15) is 0 Å². The molecule has 0 N–H and O–H groups in total. The summed E-state index contributed by atoms with van der Waals surface area (Å²) in [4.78, 5) is 0. The predicted octanol–water partition coefficient (Wildman–Crippen LogP) is 3.86. The van der Waals surface area contributed by atoms with Gasteiger partial charge >= 0.3 is 0 Å². The van der Waals surface area contributed by atoms with Crippen molar-refractivity contribution < 1.29 is 18.9 Å². The molecular weight excluding hydrogens is 336 g/mol. The van der Waals surface area contributed by atoms with Crippen LogP contribution in [0.1, 0.15) is 51.9 Å². The van der Waals surface area contributed by atoms with E-state index in [1.807, 2.05) is 0 Å². The average molecular weight is 365 g/mol. The molecule has 4 nitrogen and oxygen atoms in total. The van der Waals surface area contributed by atoms with E-state index >= 15 is 0 Å². The van der Waals surface area contributed by atoms with Crippen molar-refractivity contribution >= 4 is 15.9 Å². The zero-order chi connectivity index (χ0) is 15.1. The third-order valence-corrected chi connectivity index (χ3v) is 5.00. The molecule has 1 spiro atoms. The molecule has 2 aliphatic rings. The van der Waals surface area contributed by atoms with Crippen LogP contribution in [0.15, 0.2) is 0 Å². The minimum absolute atomic E-state index is 0.0380. The van der Waals surface area contributed by atoms with Crippen molar-refractivity contribution in [3.05, 3.63) is 0 Å². The Morgan fingerprint density at radius 3 is 2.71 bits per heavy atom. The highest BCUT2D eigenvalue weighted by Gasteiger charge is 2.45. The monoisotopic (exact) mass is 364 g/mol. The molecule has 0 amide bonds. The zero-order valence-corrected chi connectivity index (χ0v) is 14.9. The molecule has 3 atom stereocenters. The van der Waals surface area contributed by atoms with Crippen molar-refractivity contribution in [1.29, 1.82) is 0 Å². The standard InChI is InChI=1S/C16H29BrO4/c1-13(6-9-17)10-14(19-12-18-2)15-11-20-16(21-15)7-4-3-5-8-16/h13-15H,3-12H2,1-2H3/t13-,14+,15+/m0/s1. The van der Waals surface area contributed by atoms with Crippen LogP contribution in [0, 0.1) is 5.92 Å². The molecule has 5 heteroatoms. The van der Waals surface area contributed by atoms with Crippen molar-refractivity contribution in [2.75, 3.05) is 25.8 Å². The van der Waals surface area contributed by atoms with Gasteiger partial charge in [-0.05, 0) is 31.6 Å². The van der Waals surface area contributed by atoms with E-state index in [9.17, 15) is 0 Å². The Hall–Kier alpha value is 0.320. The van der Waals surface area contributed by atoms with Crippen LogP contribution in [0.2, 0.25) is 0 Å². The number of hydrogen-bond acceptors (Lipinski definition) is 4. The Labute approximate surface area is 137 Å². The topological polar surface area (TPSA) is 36.9 Å². The minimum atomic E-state index is -0.323. The van der Waals surface area contributed by atoms with Crippen molar-refractivity contribution in [2.45, 2.75) is 69.9 Å². The molecule has 1 aliphatic carbocycles. The first-order valence-corrected chi connectivity index (χ1v) is 9.29. The van der Waals surface area contributed by atoms with Gasteiger partial charge < -0.3 is 18.9 Å². The second kappa shape index (κ2) is 8.82. The first-order chi connectivity index (χ1) is 10.2. The van der Waals surface area contributed by atoms with E-state index in [-0.39, 0.29) is 18.0 Å². The molecule has 1 heterocycles. The van der Waals surface area contributed by atoms with Gasteiger partial charge in [0.25, 0.3) is 0 Å². The lowest BCUT2D eigenvalue weighted by Gasteiger charge is -2.33. The number of alkyl halides is 1. The molecule has 2 rings (SSSR count). The van der Waals surface area contributed by atoms with E-state index in [1.54, 1.807) is 7.11 Å². The lowest BCUT2D eigenvalue weighted by atomic mass is 9.94. The average Bonchev–Trinajstić information content (AvgIpc) is 2.88. The van der Waals surface area contributed by atoms with Gasteiger partial charge in [-0.15, -0.1) is 0 Å². The fraction of sp³-hybridized carbons (Fsp3) is 1.00. The van der Waals surface area contributed by atoms with Gasteiger partial charge in [0.15, 0.2) is 5.79 Å². The maximum absolute atomic E-state index is 6.31. The lowest BCUT2D eigenvalue weighted by Crippen LogP contribution is -2.38. The van der Waals surface area contributed by atoms with Crippen LogP contribution in [0.4, 0.5) is 0 Å². The van der Waals surface area contributed by atoms with Gasteiger partial charge in [-0.25, -0.2) is 0 Å². The molecule has 0 aromatic rings. The van der Waals surface area contributed by atoms with Crippen molar-refractivity contribution in [3.63, 3.8) is 0 Å². The van der Waals surface area contributed by atoms with Crippen molar-refractivity contribution in [2.24, 2.45) is 5.92 Å². The van der Waals surface area contributed by atoms with Gasteiger partial charge in [0.2, 0.25) is 0 Å². The van der Waals surface area contributed by atoms with Gasteiger partial charge in [0.1, 0.15) is 12.9 Å². The van der Waals surface area contributed by atoms with Crippen LogP contribution in [0.3, 0.4) is 0 Å². The van der Waals surface area contributed by atoms with E-state index in [0.29, 0.717) is 19.3 Å². The van der Waals surface area contributed by atoms with Crippen LogP contribution in [-0.2, 0) is 18.9 Å². The Morgan fingerprint density at radius 2 is 2.05 bits per heavy atom. The Balaban J connectivity index is 1.90. The molecule has 21 heavy (non-hydrogen) atoms. The Bertz CT molecular complexity index is 294. The summed E-state index contributed by atoms with van der Waals surface area (Å²) in [6.07, 6.45) is 7.98.